The van der Waals surface area contributed by atoms with Gasteiger partial charge in [0.15, 0.2) is 11.5 Å². The summed E-state index contributed by atoms with van der Waals surface area (Å²) in [5, 5.41) is 10.6. The lowest BCUT2D eigenvalue weighted by molar-refractivity contribution is 0.0604. The fraction of sp³-hybridized carbons (Fsp3) is 0.304. The molecule has 1 atom stereocenters. The SMILES string of the molecule is COc1ccc(CN(Cc2ccco2)CC(O)COc2ccc(Br)cc2)cc1OC. The molecule has 2 aromatic carbocycles. The lowest BCUT2D eigenvalue weighted by atomic mass is 10.1. The van der Waals surface area contributed by atoms with Crippen molar-refractivity contribution in [3.63, 3.8) is 0 Å². The van der Waals surface area contributed by atoms with Gasteiger partial charge < -0.3 is 23.7 Å². The highest BCUT2D eigenvalue weighted by Crippen LogP contribution is 2.28. The van der Waals surface area contributed by atoms with Gasteiger partial charge in [0, 0.05) is 17.6 Å². The third-order valence-electron chi connectivity index (χ3n) is 4.54. The lowest BCUT2D eigenvalue weighted by Gasteiger charge is -2.25. The van der Waals surface area contributed by atoms with E-state index in [0.29, 0.717) is 31.1 Å². The first-order valence-electron chi connectivity index (χ1n) is 9.59. The summed E-state index contributed by atoms with van der Waals surface area (Å²) < 4.78 is 22.9. The Balaban J connectivity index is 1.65. The molecule has 0 bridgehead atoms. The number of aliphatic hydroxyl groups is 1. The van der Waals surface area contributed by atoms with Gasteiger partial charge in [0.05, 0.1) is 27.0 Å². The number of hydrogen-bond donors (Lipinski definition) is 1. The molecule has 0 saturated carbocycles. The highest BCUT2D eigenvalue weighted by atomic mass is 79.9. The predicted octanol–water partition coefficient (Wildman–Crippen LogP) is 4.50. The van der Waals surface area contributed by atoms with Crippen molar-refractivity contribution in [3.05, 3.63) is 76.7 Å². The van der Waals surface area contributed by atoms with Gasteiger partial charge in [-0.2, -0.15) is 0 Å². The second kappa shape index (κ2) is 11.1. The Hall–Kier alpha value is -2.48. The average Bonchev–Trinajstić information content (AvgIpc) is 3.26. The maximum atomic E-state index is 10.6. The summed E-state index contributed by atoms with van der Waals surface area (Å²) >= 11 is 3.40. The Kier molecular flexibility index (Phi) is 8.19. The minimum atomic E-state index is -0.663. The molecule has 1 aromatic heterocycles. The van der Waals surface area contributed by atoms with Crippen molar-refractivity contribution in [2.45, 2.75) is 19.2 Å². The van der Waals surface area contributed by atoms with Crippen molar-refractivity contribution in [1.82, 2.24) is 4.90 Å². The highest BCUT2D eigenvalue weighted by molar-refractivity contribution is 9.10. The largest absolute Gasteiger partial charge is 0.493 e. The molecule has 0 radical (unpaired) electrons. The van der Waals surface area contributed by atoms with Gasteiger partial charge in [0.25, 0.3) is 0 Å². The molecule has 0 fully saturated rings. The van der Waals surface area contributed by atoms with Crippen molar-refractivity contribution in [2.75, 3.05) is 27.4 Å². The van der Waals surface area contributed by atoms with Gasteiger partial charge in [0.2, 0.25) is 0 Å². The van der Waals surface area contributed by atoms with E-state index in [4.69, 9.17) is 18.6 Å². The van der Waals surface area contributed by atoms with Gasteiger partial charge in [-0.15, -0.1) is 0 Å². The quantitative estimate of drug-likeness (QED) is 0.440. The van der Waals surface area contributed by atoms with E-state index in [0.717, 1.165) is 21.5 Å². The minimum absolute atomic E-state index is 0.197. The van der Waals surface area contributed by atoms with Crippen LogP contribution in [0.25, 0.3) is 0 Å². The Labute approximate surface area is 185 Å². The molecule has 160 valence electrons. The first kappa shape index (κ1) is 22.2. The van der Waals surface area contributed by atoms with Gasteiger partial charge >= 0.3 is 0 Å². The molecule has 0 amide bonds. The van der Waals surface area contributed by atoms with E-state index in [-0.39, 0.29) is 6.61 Å². The molecule has 1 unspecified atom stereocenters. The van der Waals surface area contributed by atoms with Crippen LogP contribution in [0.1, 0.15) is 11.3 Å². The van der Waals surface area contributed by atoms with Crippen molar-refractivity contribution in [1.29, 1.82) is 0 Å². The molecule has 1 heterocycles. The molecular formula is C23H26BrNO5. The van der Waals surface area contributed by atoms with Crippen molar-refractivity contribution in [3.8, 4) is 17.2 Å². The molecule has 30 heavy (non-hydrogen) atoms. The van der Waals surface area contributed by atoms with E-state index in [9.17, 15) is 5.11 Å². The monoisotopic (exact) mass is 475 g/mol. The Morgan fingerprint density at radius 1 is 1.00 bits per heavy atom. The van der Waals surface area contributed by atoms with Crippen LogP contribution < -0.4 is 14.2 Å². The number of ether oxygens (including phenoxy) is 3. The number of rotatable bonds is 11. The highest BCUT2D eigenvalue weighted by Gasteiger charge is 2.16. The molecule has 6 nitrogen and oxygen atoms in total. The molecule has 0 saturated heterocycles. The average molecular weight is 476 g/mol. The fourth-order valence-electron chi connectivity index (χ4n) is 3.12. The zero-order valence-corrected chi connectivity index (χ0v) is 18.7. The van der Waals surface area contributed by atoms with Crippen molar-refractivity contribution < 1.29 is 23.7 Å². The second-order valence-electron chi connectivity index (χ2n) is 6.86. The van der Waals surface area contributed by atoms with Crippen LogP contribution in [0.4, 0.5) is 0 Å². The van der Waals surface area contributed by atoms with Gasteiger partial charge in [-0.05, 0) is 54.1 Å². The topological polar surface area (TPSA) is 64.3 Å². The number of nitrogens with zero attached hydrogens (tertiary/aromatic N) is 1. The predicted molar refractivity (Wildman–Crippen MR) is 118 cm³/mol. The van der Waals surface area contributed by atoms with E-state index >= 15 is 0 Å². The third kappa shape index (κ3) is 6.52. The van der Waals surface area contributed by atoms with Crippen LogP contribution in [0.3, 0.4) is 0 Å². The van der Waals surface area contributed by atoms with Gasteiger partial charge in [-0.1, -0.05) is 22.0 Å². The van der Waals surface area contributed by atoms with Gasteiger partial charge in [-0.25, -0.2) is 0 Å². The standard InChI is InChI=1S/C23H26BrNO5/c1-27-22-10-5-17(12-23(22)28-2)13-25(15-21-4-3-11-29-21)14-19(26)16-30-20-8-6-18(24)7-9-20/h3-12,19,26H,13-16H2,1-2H3. The van der Waals surface area contributed by atoms with Crippen LogP contribution >= 0.6 is 15.9 Å². The zero-order chi connectivity index (χ0) is 21.3. The summed E-state index contributed by atoms with van der Waals surface area (Å²) in [6, 6.07) is 17.1. The number of aliphatic hydroxyl groups excluding tert-OH is 1. The molecule has 0 aliphatic carbocycles. The molecule has 3 aromatic rings. The van der Waals surface area contributed by atoms with E-state index < -0.39 is 6.10 Å². The molecule has 3 rings (SSSR count). The molecule has 0 spiro atoms. The van der Waals surface area contributed by atoms with Crippen molar-refractivity contribution >= 4 is 15.9 Å². The fourth-order valence-corrected chi connectivity index (χ4v) is 3.38. The second-order valence-corrected chi connectivity index (χ2v) is 7.77. The van der Waals surface area contributed by atoms with Gasteiger partial charge in [-0.3, -0.25) is 4.90 Å². The van der Waals surface area contributed by atoms with Crippen LogP contribution in [-0.2, 0) is 13.1 Å². The first-order valence-corrected chi connectivity index (χ1v) is 10.4. The number of benzene rings is 2. The summed E-state index contributed by atoms with van der Waals surface area (Å²) in [7, 11) is 3.23. The van der Waals surface area contributed by atoms with Crippen LogP contribution in [-0.4, -0.2) is 43.5 Å². The Morgan fingerprint density at radius 3 is 2.43 bits per heavy atom. The lowest BCUT2D eigenvalue weighted by Crippen LogP contribution is -2.35. The smallest absolute Gasteiger partial charge is 0.161 e. The minimum Gasteiger partial charge on any atom is -0.493 e. The first-order chi connectivity index (χ1) is 14.6. The summed E-state index contributed by atoms with van der Waals surface area (Å²) in [5.41, 5.74) is 1.04. The van der Waals surface area contributed by atoms with Crippen LogP contribution in [0.5, 0.6) is 17.2 Å². The number of furan rings is 1. The summed E-state index contributed by atoms with van der Waals surface area (Å²) in [4.78, 5) is 2.11. The molecule has 1 N–H and O–H groups in total. The van der Waals surface area contributed by atoms with Crippen LogP contribution in [0.2, 0.25) is 0 Å². The molecular weight excluding hydrogens is 450 g/mol. The van der Waals surface area contributed by atoms with E-state index in [1.54, 1.807) is 20.5 Å². The number of halogens is 1. The molecule has 0 aliphatic rings. The van der Waals surface area contributed by atoms with Crippen LogP contribution in [0.15, 0.2) is 69.8 Å². The van der Waals surface area contributed by atoms with Gasteiger partial charge in [0.1, 0.15) is 24.2 Å². The number of methoxy groups -OCH3 is 2. The van der Waals surface area contributed by atoms with E-state index in [1.165, 1.54) is 0 Å². The number of hydrogen-bond acceptors (Lipinski definition) is 6. The summed E-state index contributed by atoms with van der Waals surface area (Å²) in [5.74, 6) is 2.90. The summed E-state index contributed by atoms with van der Waals surface area (Å²) in [6.07, 6.45) is 0.987. The maximum Gasteiger partial charge on any atom is 0.161 e. The van der Waals surface area contributed by atoms with Crippen LogP contribution in [0, 0.1) is 0 Å². The Morgan fingerprint density at radius 2 is 1.77 bits per heavy atom. The van der Waals surface area contributed by atoms with E-state index in [2.05, 4.69) is 20.8 Å². The zero-order valence-electron chi connectivity index (χ0n) is 17.1. The molecule has 7 heteroatoms. The summed E-state index contributed by atoms with van der Waals surface area (Å²) in [6.45, 7) is 1.79. The normalized spacial score (nSPS) is 12.0. The van der Waals surface area contributed by atoms with E-state index in [1.807, 2.05) is 54.6 Å². The third-order valence-corrected chi connectivity index (χ3v) is 5.07. The van der Waals surface area contributed by atoms with Crippen molar-refractivity contribution in [2.24, 2.45) is 0 Å². The Bertz CT molecular complexity index is 898. The molecule has 0 aliphatic heterocycles. The maximum absolute atomic E-state index is 10.6.